The van der Waals surface area contributed by atoms with Crippen LogP contribution >= 0.6 is 11.3 Å². The predicted octanol–water partition coefficient (Wildman–Crippen LogP) is 3.31. The summed E-state index contributed by atoms with van der Waals surface area (Å²) < 4.78 is 0. The predicted molar refractivity (Wildman–Crippen MR) is 69.6 cm³/mol. The molecule has 0 saturated carbocycles. The minimum atomic E-state index is -0.368. The van der Waals surface area contributed by atoms with Crippen molar-refractivity contribution in [1.29, 1.82) is 0 Å². The average Bonchev–Trinajstić information content (AvgIpc) is 2.79. The number of rotatable bonds is 5. The van der Waals surface area contributed by atoms with Gasteiger partial charge in [-0.3, -0.25) is 10.1 Å². The van der Waals surface area contributed by atoms with E-state index in [0.717, 1.165) is 18.0 Å². The Kier molecular flexibility index (Phi) is 3.72. The van der Waals surface area contributed by atoms with Crippen molar-refractivity contribution in [1.82, 2.24) is 0 Å². The molecular weight excluding hydrogens is 236 g/mol. The van der Waals surface area contributed by atoms with Gasteiger partial charge in [-0.25, -0.2) is 0 Å². The molecule has 88 valence electrons. The van der Waals surface area contributed by atoms with E-state index in [4.69, 9.17) is 0 Å². The van der Waals surface area contributed by atoms with Crippen LogP contribution < -0.4 is 5.32 Å². The lowest BCUT2D eigenvalue weighted by molar-refractivity contribution is -0.380. The van der Waals surface area contributed by atoms with Gasteiger partial charge in [-0.15, -0.1) is 0 Å². The topological polar surface area (TPSA) is 55.2 Å². The summed E-state index contributed by atoms with van der Waals surface area (Å²) in [6, 6.07) is 13.4. The average molecular weight is 248 g/mol. The Hall–Kier alpha value is -1.88. The fraction of sp³-hybridized carbons (Fsp3) is 0.167. The molecule has 1 N–H and O–H groups in total. The van der Waals surface area contributed by atoms with E-state index in [2.05, 4.69) is 17.4 Å². The molecule has 0 bridgehead atoms. The number of hydrogen-bond acceptors (Lipinski definition) is 4. The van der Waals surface area contributed by atoms with E-state index in [1.165, 1.54) is 23.0 Å². The first-order valence-corrected chi connectivity index (χ1v) is 6.09. The summed E-state index contributed by atoms with van der Waals surface area (Å²) in [5.74, 6) is 0. The highest BCUT2D eigenvalue weighted by Crippen LogP contribution is 2.28. The minimum absolute atomic E-state index is 0.173. The molecule has 2 aromatic rings. The van der Waals surface area contributed by atoms with Crippen molar-refractivity contribution >= 4 is 21.3 Å². The fourth-order valence-electron chi connectivity index (χ4n) is 1.50. The molecule has 0 radical (unpaired) electrons. The standard InChI is InChI=1S/C12H12N2O2S/c15-14(16)12-7-6-11(17-12)13-9-8-10-4-2-1-3-5-10/h1-7,13H,8-9H2. The van der Waals surface area contributed by atoms with Crippen LogP contribution in [0.1, 0.15) is 5.56 Å². The smallest absolute Gasteiger partial charge is 0.326 e. The van der Waals surface area contributed by atoms with Crippen LogP contribution in [0.3, 0.4) is 0 Å². The van der Waals surface area contributed by atoms with Gasteiger partial charge in [-0.05, 0) is 29.4 Å². The number of benzene rings is 1. The summed E-state index contributed by atoms with van der Waals surface area (Å²) in [6.45, 7) is 0.779. The van der Waals surface area contributed by atoms with E-state index in [-0.39, 0.29) is 9.92 Å². The van der Waals surface area contributed by atoms with Crippen molar-refractivity contribution in [2.24, 2.45) is 0 Å². The quantitative estimate of drug-likeness (QED) is 0.652. The summed E-state index contributed by atoms with van der Waals surface area (Å²) in [6.07, 6.45) is 0.909. The second-order valence-electron chi connectivity index (χ2n) is 3.56. The molecule has 1 heterocycles. The molecule has 1 aromatic heterocycles. The third-order valence-corrected chi connectivity index (χ3v) is 3.32. The Balaban J connectivity index is 1.84. The molecule has 0 fully saturated rings. The summed E-state index contributed by atoms with van der Waals surface area (Å²) in [5.41, 5.74) is 1.26. The molecule has 17 heavy (non-hydrogen) atoms. The second kappa shape index (κ2) is 5.45. The lowest BCUT2D eigenvalue weighted by Crippen LogP contribution is -2.02. The lowest BCUT2D eigenvalue weighted by atomic mass is 10.1. The van der Waals surface area contributed by atoms with E-state index in [1.54, 1.807) is 6.07 Å². The number of nitrogens with one attached hydrogen (secondary N) is 1. The highest BCUT2D eigenvalue weighted by atomic mass is 32.1. The zero-order valence-corrected chi connectivity index (χ0v) is 9.94. The summed E-state index contributed by atoms with van der Waals surface area (Å²) in [4.78, 5) is 10.1. The van der Waals surface area contributed by atoms with E-state index in [1.807, 2.05) is 18.2 Å². The maximum atomic E-state index is 10.5. The van der Waals surface area contributed by atoms with Crippen LogP contribution in [0.4, 0.5) is 10.0 Å². The summed E-state index contributed by atoms with van der Waals surface area (Å²) in [7, 11) is 0. The highest BCUT2D eigenvalue weighted by molar-refractivity contribution is 7.19. The Labute approximate surface area is 103 Å². The maximum Gasteiger partial charge on any atom is 0.326 e. The Morgan fingerprint density at radius 2 is 1.94 bits per heavy atom. The van der Waals surface area contributed by atoms with Crippen molar-refractivity contribution in [3.05, 3.63) is 58.1 Å². The second-order valence-corrected chi connectivity index (χ2v) is 4.62. The minimum Gasteiger partial charge on any atom is -0.376 e. The third-order valence-electron chi connectivity index (χ3n) is 2.33. The molecule has 5 heteroatoms. The number of anilines is 1. The Morgan fingerprint density at radius 3 is 2.59 bits per heavy atom. The van der Waals surface area contributed by atoms with Gasteiger partial charge in [0.25, 0.3) is 0 Å². The van der Waals surface area contributed by atoms with Gasteiger partial charge >= 0.3 is 5.00 Å². The van der Waals surface area contributed by atoms with E-state index < -0.39 is 0 Å². The van der Waals surface area contributed by atoms with Crippen molar-refractivity contribution in [2.75, 3.05) is 11.9 Å². The van der Waals surface area contributed by atoms with Gasteiger partial charge in [-0.1, -0.05) is 30.3 Å². The van der Waals surface area contributed by atoms with Crippen LogP contribution in [0.2, 0.25) is 0 Å². The maximum absolute atomic E-state index is 10.5. The van der Waals surface area contributed by atoms with E-state index in [0.29, 0.717) is 0 Å². The largest absolute Gasteiger partial charge is 0.376 e. The van der Waals surface area contributed by atoms with Gasteiger partial charge in [0, 0.05) is 12.6 Å². The van der Waals surface area contributed by atoms with Crippen LogP contribution in [0.15, 0.2) is 42.5 Å². The summed E-state index contributed by atoms with van der Waals surface area (Å²) >= 11 is 1.17. The fourth-order valence-corrected chi connectivity index (χ4v) is 2.24. The van der Waals surface area contributed by atoms with Crippen molar-refractivity contribution in [2.45, 2.75) is 6.42 Å². The van der Waals surface area contributed by atoms with E-state index in [9.17, 15) is 10.1 Å². The molecule has 2 rings (SSSR count). The molecular formula is C12H12N2O2S. The Morgan fingerprint density at radius 1 is 1.18 bits per heavy atom. The van der Waals surface area contributed by atoms with Crippen LogP contribution in [0, 0.1) is 10.1 Å². The molecule has 0 aliphatic heterocycles. The van der Waals surface area contributed by atoms with Gasteiger partial charge in [0.1, 0.15) is 0 Å². The van der Waals surface area contributed by atoms with E-state index >= 15 is 0 Å². The van der Waals surface area contributed by atoms with Gasteiger partial charge < -0.3 is 5.32 Å². The van der Waals surface area contributed by atoms with Crippen LogP contribution in [-0.2, 0) is 6.42 Å². The highest BCUT2D eigenvalue weighted by Gasteiger charge is 2.08. The molecule has 0 unspecified atom stereocenters. The van der Waals surface area contributed by atoms with Crippen LogP contribution in [-0.4, -0.2) is 11.5 Å². The number of nitro groups is 1. The Bertz CT molecular complexity index is 496. The monoisotopic (exact) mass is 248 g/mol. The first kappa shape index (κ1) is 11.6. The molecule has 0 aliphatic carbocycles. The van der Waals surface area contributed by atoms with Gasteiger partial charge in [0.15, 0.2) is 0 Å². The zero-order valence-electron chi connectivity index (χ0n) is 9.13. The van der Waals surface area contributed by atoms with Gasteiger partial charge in [0.2, 0.25) is 0 Å². The number of nitrogens with zero attached hydrogens (tertiary/aromatic N) is 1. The molecule has 0 aliphatic rings. The van der Waals surface area contributed by atoms with Crippen molar-refractivity contribution < 1.29 is 4.92 Å². The summed E-state index contributed by atoms with van der Waals surface area (Å²) in [5, 5.41) is 14.7. The van der Waals surface area contributed by atoms with Crippen LogP contribution in [0.25, 0.3) is 0 Å². The first-order valence-electron chi connectivity index (χ1n) is 5.28. The molecule has 1 aromatic carbocycles. The van der Waals surface area contributed by atoms with Crippen molar-refractivity contribution in [3.8, 4) is 0 Å². The van der Waals surface area contributed by atoms with Crippen molar-refractivity contribution in [3.63, 3.8) is 0 Å². The molecule has 0 amide bonds. The normalized spacial score (nSPS) is 10.1. The number of hydrogen-bond donors (Lipinski definition) is 1. The number of thiophene rings is 1. The van der Waals surface area contributed by atoms with Gasteiger partial charge in [-0.2, -0.15) is 0 Å². The SMILES string of the molecule is O=[N+]([O-])c1ccc(NCCc2ccccc2)s1. The van der Waals surface area contributed by atoms with Crippen LogP contribution in [0.5, 0.6) is 0 Å². The first-order chi connectivity index (χ1) is 8.25. The lowest BCUT2D eigenvalue weighted by Gasteiger charge is -2.02. The van der Waals surface area contributed by atoms with Gasteiger partial charge in [0.05, 0.1) is 9.92 Å². The molecule has 0 atom stereocenters. The molecule has 0 spiro atoms. The molecule has 4 nitrogen and oxygen atoms in total. The third kappa shape index (κ3) is 3.29. The molecule has 0 saturated heterocycles. The zero-order chi connectivity index (χ0) is 12.1.